The maximum absolute atomic E-state index is 13.9. The van der Waals surface area contributed by atoms with Crippen molar-refractivity contribution in [3.05, 3.63) is 91.8 Å². The number of piperazine rings is 1. The Kier molecular flexibility index (Phi) is 10.7. The van der Waals surface area contributed by atoms with Crippen LogP contribution in [0.5, 0.6) is 0 Å². The van der Waals surface area contributed by atoms with Gasteiger partial charge >= 0.3 is 0 Å². The second-order valence-corrected chi connectivity index (χ2v) is 16.4. The van der Waals surface area contributed by atoms with Crippen molar-refractivity contribution in [1.29, 1.82) is 0 Å². The van der Waals surface area contributed by atoms with Crippen LogP contribution in [0.4, 0.5) is 5.69 Å². The number of amides is 6. The molecule has 0 spiro atoms. The maximum atomic E-state index is 13.9. The molecule has 3 N–H and O–H groups in total. The summed E-state index contributed by atoms with van der Waals surface area (Å²) in [5, 5.41) is 17.3. The first-order valence-corrected chi connectivity index (χ1v) is 20.3. The number of imide groups is 1. The number of halogens is 1. The fourth-order valence-corrected chi connectivity index (χ4v) is 9.21. The van der Waals surface area contributed by atoms with Crippen LogP contribution in [0.15, 0.2) is 47.5 Å². The topological polar surface area (TPSA) is 191 Å². The van der Waals surface area contributed by atoms with Gasteiger partial charge in [-0.25, -0.2) is 5.01 Å². The fraction of sp³-hybridized carbons (Fsp3) is 0.375. The number of hydrogen-bond donors (Lipinski definition) is 3. The molecular weight excluding hydrogens is 784 g/mol. The molecule has 0 radical (unpaired) electrons. The van der Waals surface area contributed by atoms with Crippen LogP contribution >= 0.6 is 22.9 Å². The lowest BCUT2D eigenvalue weighted by molar-refractivity contribution is -0.137. The van der Waals surface area contributed by atoms with Crippen LogP contribution in [-0.4, -0.2) is 103 Å². The van der Waals surface area contributed by atoms with Gasteiger partial charge in [0.2, 0.25) is 29.5 Å². The van der Waals surface area contributed by atoms with Crippen molar-refractivity contribution in [1.82, 2.24) is 40.3 Å². The first-order valence-electron chi connectivity index (χ1n) is 19.1. The number of rotatable bonds is 9. The molecule has 2 aromatic carbocycles. The SMILES string of the molecule is Cc1sc2c(c1C)C(c1ccc(Cl)cc1)=N[C@@H](CC(=O)N1CCN(NC(=O)CCC(=O)Nc3cccc4c3CN(C3CCC(=O)NC3=O)C4=O)CC1)c1nnc(C)n1-2. The van der Waals surface area contributed by atoms with E-state index < -0.39 is 23.9 Å². The van der Waals surface area contributed by atoms with Gasteiger partial charge in [0.25, 0.3) is 5.91 Å². The lowest BCUT2D eigenvalue weighted by Gasteiger charge is -2.35. The Morgan fingerprint density at radius 1 is 0.948 bits per heavy atom. The Balaban J connectivity index is 0.855. The molecule has 4 aliphatic heterocycles. The zero-order valence-corrected chi connectivity index (χ0v) is 33.7. The standard InChI is InChI=1S/C40H41ClN10O6S/c1-21-22(2)58-40-35(21)36(24-7-9-25(41)10-8-24)43-29(37-46-45-23(3)51(37)40)19-34(55)48-15-17-49(18-16-48)47-33(54)14-13-31(52)42-28-6-4-5-26-27(28)20-50(39(26)57)30-11-12-32(53)44-38(30)56/h4-10,29-30H,11-20H2,1-3H3,(H,42,52)(H,47,54)(H,44,53,56)/t29-,30?/m0/s1. The van der Waals surface area contributed by atoms with Crippen LogP contribution < -0.4 is 16.1 Å². The van der Waals surface area contributed by atoms with E-state index in [4.69, 9.17) is 16.6 Å². The number of nitrogens with one attached hydrogen (secondary N) is 3. The van der Waals surface area contributed by atoms with Crippen molar-refractivity contribution in [2.75, 3.05) is 31.5 Å². The highest BCUT2D eigenvalue weighted by atomic mass is 35.5. The number of hydrazine groups is 1. The quantitative estimate of drug-likeness (QED) is 0.212. The summed E-state index contributed by atoms with van der Waals surface area (Å²) in [4.78, 5) is 86.5. The summed E-state index contributed by atoms with van der Waals surface area (Å²) in [6.45, 7) is 7.72. The zero-order chi connectivity index (χ0) is 40.8. The Morgan fingerprint density at radius 2 is 1.69 bits per heavy atom. The monoisotopic (exact) mass is 824 g/mol. The number of piperidine rings is 1. The first kappa shape index (κ1) is 39.1. The second-order valence-electron chi connectivity index (χ2n) is 14.8. The average Bonchev–Trinajstić information content (AvgIpc) is 3.81. The molecule has 6 heterocycles. The molecule has 0 aliphatic carbocycles. The van der Waals surface area contributed by atoms with Crippen molar-refractivity contribution < 1.29 is 28.8 Å². The van der Waals surface area contributed by atoms with Gasteiger partial charge in [-0.3, -0.25) is 49.1 Å². The summed E-state index contributed by atoms with van der Waals surface area (Å²) in [7, 11) is 0. The highest BCUT2D eigenvalue weighted by molar-refractivity contribution is 7.15. The molecule has 2 atom stereocenters. The summed E-state index contributed by atoms with van der Waals surface area (Å²) < 4.78 is 2.02. The third kappa shape index (κ3) is 7.52. The number of anilines is 1. The predicted molar refractivity (Wildman–Crippen MR) is 215 cm³/mol. The van der Waals surface area contributed by atoms with E-state index in [0.29, 0.717) is 59.7 Å². The van der Waals surface area contributed by atoms with Crippen LogP contribution in [-0.2, 0) is 30.5 Å². The van der Waals surface area contributed by atoms with Gasteiger partial charge in [0.1, 0.15) is 22.9 Å². The lowest BCUT2D eigenvalue weighted by atomic mass is 9.99. The van der Waals surface area contributed by atoms with Crippen molar-refractivity contribution in [2.45, 2.75) is 71.5 Å². The van der Waals surface area contributed by atoms with E-state index in [0.717, 1.165) is 32.3 Å². The van der Waals surface area contributed by atoms with Crippen LogP contribution in [0.25, 0.3) is 5.00 Å². The number of carbonyl (C=O) groups excluding carboxylic acids is 6. The number of aromatic nitrogens is 3. The predicted octanol–water partition coefficient (Wildman–Crippen LogP) is 3.54. The van der Waals surface area contributed by atoms with E-state index in [1.165, 1.54) is 4.90 Å². The minimum Gasteiger partial charge on any atom is -0.340 e. The molecule has 8 rings (SSSR count). The van der Waals surface area contributed by atoms with Crippen molar-refractivity contribution in [3.63, 3.8) is 0 Å². The van der Waals surface area contributed by atoms with Crippen LogP contribution in [0.1, 0.15) is 87.3 Å². The van der Waals surface area contributed by atoms with Gasteiger partial charge in [0, 0.05) is 89.8 Å². The molecule has 58 heavy (non-hydrogen) atoms. The molecule has 2 saturated heterocycles. The largest absolute Gasteiger partial charge is 0.340 e. The minimum atomic E-state index is -0.772. The Labute approximate surface area is 342 Å². The molecule has 4 aromatic rings. The lowest BCUT2D eigenvalue weighted by Crippen LogP contribution is -2.54. The van der Waals surface area contributed by atoms with Gasteiger partial charge in [-0.15, -0.1) is 21.5 Å². The van der Waals surface area contributed by atoms with E-state index in [-0.39, 0.29) is 62.3 Å². The third-order valence-corrected chi connectivity index (χ3v) is 12.5. The van der Waals surface area contributed by atoms with Gasteiger partial charge in [-0.2, -0.15) is 0 Å². The normalized spacial score (nSPS) is 19.2. The Bertz CT molecular complexity index is 2400. The molecule has 2 fully saturated rings. The minimum absolute atomic E-state index is 0.0808. The molecule has 1 unspecified atom stereocenters. The highest BCUT2D eigenvalue weighted by Gasteiger charge is 2.40. The Morgan fingerprint density at radius 3 is 2.43 bits per heavy atom. The van der Waals surface area contributed by atoms with E-state index in [1.807, 2.05) is 35.8 Å². The summed E-state index contributed by atoms with van der Waals surface area (Å²) in [5.74, 6) is -0.752. The number of benzene rings is 2. The number of carbonyl (C=O) groups is 6. The molecule has 2 aromatic heterocycles. The highest BCUT2D eigenvalue weighted by Crippen LogP contribution is 2.40. The zero-order valence-electron chi connectivity index (χ0n) is 32.1. The van der Waals surface area contributed by atoms with E-state index in [2.05, 4.69) is 40.1 Å². The maximum Gasteiger partial charge on any atom is 0.255 e. The summed E-state index contributed by atoms with van der Waals surface area (Å²) in [6, 6.07) is 11.1. The smallest absolute Gasteiger partial charge is 0.255 e. The molecular formula is C40H41ClN10O6S. The molecule has 4 aliphatic rings. The van der Waals surface area contributed by atoms with E-state index in [1.54, 1.807) is 39.4 Å². The van der Waals surface area contributed by atoms with Gasteiger partial charge in [0.15, 0.2) is 5.82 Å². The van der Waals surface area contributed by atoms with Gasteiger partial charge in [-0.1, -0.05) is 29.8 Å². The van der Waals surface area contributed by atoms with Crippen molar-refractivity contribution >= 4 is 69.8 Å². The third-order valence-electron chi connectivity index (χ3n) is 11.1. The molecule has 0 bridgehead atoms. The van der Waals surface area contributed by atoms with E-state index >= 15 is 0 Å². The van der Waals surface area contributed by atoms with Crippen LogP contribution in [0.3, 0.4) is 0 Å². The van der Waals surface area contributed by atoms with Crippen LogP contribution in [0, 0.1) is 20.8 Å². The molecule has 18 heteroatoms. The number of nitrogens with zero attached hydrogens (tertiary/aromatic N) is 7. The number of aliphatic imine (C=N–C) groups is 1. The summed E-state index contributed by atoms with van der Waals surface area (Å²) >= 11 is 7.89. The molecule has 0 saturated carbocycles. The molecule has 6 amide bonds. The Hall–Kier alpha value is -5.78. The molecule has 16 nitrogen and oxygen atoms in total. The van der Waals surface area contributed by atoms with Gasteiger partial charge < -0.3 is 15.1 Å². The second kappa shape index (κ2) is 15.9. The number of thiophene rings is 1. The average molecular weight is 825 g/mol. The van der Waals surface area contributed by atoms with Gasteiger partial charge in [0.05, 0.1) is 12.1 Å². The summed E-state index contributed by atoms with van der Waals surface area (Å²) in [6.07, 6.45) is 0.268. The first-order chi connectivity index (χ1) is 27.9. The van der Waals surface area contributed by atoms with Gasteiger partial charge in [-0.05, 0) is 57.0 Å². The van der Waals surface area contributed by atoms with Crippen molar-refractivity contribution in [2.24, 2.45) is 4.99 Å². The van der Waals surface area contributed by atoms with Crippen LogP contribution in [0.2, 0.25) is 5.02 Å². The number of fused-ring (bicyclic) bond motifs is 4. The van der Waals surface area contributed by atoms with E-state index in [9.17, 15) is 28.8 Å². The number of aryl methyl sites for hydroxylation is 2. The summed E-state index contributed by atoms with van der Waals surface area (Å²) in [5.41, 5.74) is 8.00. The number of hydrogen-bond acceptors (Lipinski definition) is 11. The van der Waals surface area contributed by atoms with Crippen molar-refractivity contribution in [3.8, 4) is 5.00 Å². The molecule has 300 valence electrons. The fourth-order valence-electron chi connectivity index (χ4n) is 7.87.